The van der Waals surface area contributed by atoms with E-state index in [1.807, 2.05) is 13.8 Å². The molecule has 1 aliphatic heterocycles. The van der Waals surface area contributed by atoms with Gasteiger partial charge >= 0.3 is 0 Å². The van der Waals surface area contributed by atoms with Crippen LogP contribution in [0.2, 0.25) is 0 Å². The summed E-state index contributed by atoms with van der Waals surface area (Å²) in [5, 5.41) is 17.9. The Morgan fingerprint density at radius 1 is 1.26 bits per heavy atom. The van der Waals surface area contributed by atoms with Crippen LogP contribution < -0.4 is 10.9 Å². The molecule has 1 unspecified atom stereocenters. The highest BCUT2D eigenvalue weighted by Crippen LogP contribution is 2.26. The van der Waals surface area contributed by atoms with E-state index >= 15 is 0 Å². The largest absolute Gasteiger partial charge is 0.492 e. The average Bonchev–Trinajstić information content (AvgIpc) is 3.31. The second kappa shape index (κ2) is 9.19. The van der Waals surface area contributed by atoms with E-state index < -0.39 is 35.6 Å². The molecule has 2 N–H and O–H groups in total. The summed E-state index contributed by atoms with van der Waals surface area (Å²) in [4.78, 5) is 40.0. The van der Waals surface area contributed by atoms with Crippen molar-refractivity contribution in [3.05, 3.63) is 33.3 Å². The third kappa shape index (κ3) is 4.55. The van der Waals surface area contributed by atoms with Crippen molar-refractivity contribution in [3.8, 4) is 5.88 Å². The van der Waals surface area contributed by atoms with Gasteiger partial charge in [-0.05, 0) is 38.2 Å². The maximum atomic E-state index is 13.3. The molecule has 1 aliphatic carbocycles. The number of nitrogens with one attached hydrogen (secondary N) is 1. The Hall–Kier alpha value is -3.24. The number of hydrogen-bond donors (Lipinski definition) is 2. The number of likely N-dealkylation sites (tertiary alicyclic amines) is 1. The number of aromatic nitrogens is 3. The minimum atomic E-state index is -2.47. The summed E-state index contributed by atoms with van der Waals surface area (Å²) in [5.41, 5.74) is 0.108. The summed E-state index contributed by atoms with van der Waals surface area (Å²) in [6.45, 7) is 5.99. The Morgan fingerprint density at radius 2 is 1.97 bits per heavy atom. The second-order valence-electron chi connectivity index (χ2n) is 9.49. The van der Waals surface area contributed by atoms with Crippen LogP contribution in [-0.4, -0.2) is 61.6 Å². The van der Waals surface area contributed by atoms with E-state index in [0.29, 0.717) is 11.3 Å². The minimum Gasteiger partial charge on any atom is -0.492 e. The first kappa shape index (κ1) is 23.9. The second-order valence-corrected chi connectivity index (χ2v) is 9.49. The maximum absolute atomic E-state index is 13.3. The smallest absolute Gasteiger partial charge is 0.270 e. The molecule has 1 atom stereocenters. The lowest BCUT2D eigenvalue weighted by atomic mass is 10.1. The number of carbonyl (C=O) groups is 2. The molecule has 0 spiro atoms. The van der Waals surface area contributed by atoms with Crippen molar-refractivity contribution in [1.82, 2.24) is 24.4 Å². The quantitative estimate of drug-likeness (QED) is 0.595. The van der Waals surface area contributed by atoms with Crippen LogP contribution in [0.1, 0.15) is 54.7 Å². The molecule has 1 saturated carbocycles. The fourth-order valence-corrected chi connectivity index (χ4v) is 4.23. The standard InChI is InChI=1S/C23H29F2N5O4/c1-12(2)10-29-21-16(6-7-17(31)28-9-8-14(11-28)19(24)25)13(3)27-30(21)23(34)18(22(29)33)20(32)26-15-4-5-15/h6-7,12,14-15,19,34H,4-5,8-11H2,1-3H3,(H,26,32)/b7-6+. The fraction of sp³-hybridized carbons (Fsp3) is 0.565. The van der Waals surface area contributed by atoms with Gasteiger partial charge in [0.05, 0.1) is 5.69 Å². The summed E-state index contributed by atoms with van der Waals surface area (Å²) in [6.07, 6.45) is 2.19. The molecule has 2 fully saturated rings. The molecular formula is C23H29F2N5O4. The molecule has 2 amide bonds. The molecule has 34 heavy (non-hydrogen) atoms. The van der Waals surface area contributed by atoms with E-state index in [9.17, 15) is 28.3 Å². The lowest BCUT2D eigenvalue weighted by Gasteiger charge is -2.15. The van der Waals surface area contributed by atoms with Crippen LogP contribution in [0.15, 0.2) is 10.9 Å². The summed E-state index contributed by atoms with van der Waals surface area (Å²) in [7, 11) is 0. The Balaban J connectivity index is 1.75. The number of nitrogens with zero attached hydrogens (tertiary/aromatic N) is 4. The lowest BCUT2D eigenvalue weighted by molar-refractivity contribution is -0.125. The molecular weight excluding hydrogens is 448 g/mol. The maximum Gasteiger partial charge on any atom is 0.270 e. The number of fused-ring (bicyclic) bond motifs is 1. The average molecular weight is 478 g/mol. The first-order valence-corrected chi connectivity index (χ1v) is 11.5. The van der Waals surface area contributed by atoms with Gasteiger partial charge in [0.1, 0.15) is 5.65 Å². The van der Waals surface area contributed by atoms with Gasteiger partial charge in [-0.2, -0.15) is 9.61 Å². The zero-order valence-corrected chi connectivity index (χ0v) is 19.4. The number of rotatable bonds is 7. The first-order chi connectivity index (χ1) is 16.1. The SMILES string of the molecule is Cc1nn2c(O)c(C(=O)NC3CC3)c(=O)n(CC(C)C)c2c1/C=C/C(=O)N1CCC(C(F)F)C1. The Kier molecular flexibility index (Phi) is 6.46. The Bertz CT molecular complexity index is 1210. The van der Waals surface area contributed by atoms with Crippen molar-refractivity contribution in [2.75, 3.05) is 13.1 Å². The fourth-order valence-electron chi connectivity index (χ4n) is 4.23. The number of aryl methyl sites for hydroxylation is 1. The van der Waals surface area contributed by atoms with Crippen LogP contribution >= 0.6 is 0 Å². The van der Waals surface area contributed by atoms with E-state index in [4.69, 9.17) is 0 Å². The van der Waals surface area contributed by atoms with E-state index in [1.165, 1.54) is 21.6 Å². The summed E-state index contributed by atoms with van der Waals surface area (Å²) >= 11 is 0. The predicted molar refractivity (Wildman–Crippen MR) is 121 cm³/mol. The van der Waals surface area contributed by atoms with Crippen LogP contribution in [0.4, 0.5) is 8.78 Å². The molecule has 9 nitrogen and oxygen atoms in total. The molecule has 2 aromatic heterocycles. The minimum absolute atomic E-state index is 0.000310. The predicted octanol–water partition coefficient (Wildman–Crippen LogP) is 2.19. The van der Waals surface area contributed by atoms with Crippen LogP contribution in [0, 0.1) is 18.8 Å². The van der Waals surface area contributed by atoms with Crippen molar-refractivity contribution in [2.45, 2.75) is 59.0 Å². The molecule has 3 heterocycles. The van der Waals surface area contributed by atoms with Gasteiger partial charge in [-0.3, -0.25) is 19.0 Å². The van der Waals surface area contributed by atoms with Crippen molar-refractivity contribution >= 4 is 23.5 Å². The van der Waals surface area contributed by atoms with Crippen molar-refractivity contribution < 1.29 is 23.5 Å². The Labute approximate surface area is 195 Å². The number of alkyl halides is 2. The zero-order chi connectivity index (χ0) is 24.7. The molecule has 2 aromatic rings. The van der Waals surface area contributed by atoms with Crippen molar-refractivity contribution in [1.29, 1.82) is 0 Å². The number of hydrogen-bond acceptors (Lipinski definition) is 5. The van der Waals surface area contributed by atoms with Crippen LogP contribution in [0.3, 0.4) is 0 Å². The van der Waals surface area contributed by atoms with Gasteiger partial charge in [0.15, 0.2) is 5.56 Å². The molecule has 0 aromatic carbocycles. The molecule has 0 bridgehead atoms. The van der Waals surface area contributed by atoms with Gasteiger partial charge in [-0.25, -0.2) is 8.78 Å². The zero-order valence-electron chi connectivity index (χ0n) is 19.4. The van der Waals surface area contributed by atoms with Crippen molar-refractivity contribution in [2.24, 2.45) is 11.8 Å². The number of halogens is 2. The normalized spacial score (nSPS) is 18.7. The highest BCUT2D eigenvalue weighted by Gasteiger charge is 2.32. The third-order valence-electron chi connectivity index (χ3n) is 6.19. The molecule has 0 radical (unpaired) electrons. The number of aromatic hydroxyl groups is 1. The molecule has 1 saturated heterocycles. The number of amides is 2. The molecule has 11 heteroatoms. The summed E-state index contributed by atoms with van der Waals surface area (Å²) < 4.78 is 28.4. The van der Waals surface area contributed by atoms with Crippen molar-refractivity contribution in [3.63, 3.8) is 0 Å². The van der Waals surface area contributed by atoms with Crippen LogP contribution in [0.25, 0.3) is 11.7 Å². The van der Waals surface area contributed by atoms with Crippen LogP contribution in [-0.2, 0) is 11.3 Å². The number of carbonyl (C=O) groups excluding carboxylic acids is 2. The van der Waals surface area contributed by atoms with Gasteiger partial charge < -0.3 is 15.3 Å². The van der Waals surface area contributed by atoms with Gasteiger partial charge in [0, 0.05) is 43.2 Å². The molecule has 2 aliphatic rings. The summed E-state index contributed by atoms with van der Waals surface area (Å²) in [5.74, 6) is -2.41. The Morgan fingerprint density at radius 3 is 2.56 bits per heavy atom. The first-order valence-electron chi connectivity index (χ1n) is 11.5. The monoisotopic (exact) mass is 477 g/mol. The topological polar surface area (TPSA) is 109 Å². The lowest BCUT2D eigenvalue weighted by Crippen LogP contribution is -2.36. The molecule has 184 valence electrons. The van der Waals surface area contributed by atoms with Gasteiger partial charge in [0.25, 0.3) is 11.5 Å². The molecule has 4 rings (SSSR count). The highest BCUT2D eigenvalue weighted by molar-refractivity contribution is 5.97. The van der Waals surface area contributed by atoms with E-state index in [1.54, 1.807) is 6.92 Å². The van der Waals surface area contributed by atoms with Crippen LogP contribution in [0.5, 0.6) is 5.88 Å². The van der Waals surface area contributed by atoms with Gasteiger partial charge in [0.2, 0.25) is 18.2 Å². The van der Waals surface area contributed by atoms with E-state index in [2.05, 4.69) is 10.4 Å². The van der Waals surface area contributed by atoms with E-state index in [0.717, 1.165) is 17.4 Å². The van der Waals surface area contributed by atoms with Gasteiger partial charge in [-0.15, -0.1) is 0 Å². The third-order valence-corrected chi connectivity index (χ3v) is 6.19. The van der Waals surface area contributed by atoms with E-state index in [-0.39, 0.29) is 49.2 Å². The van der Waals surface area contributed by atoms with Gasteiger partial charge in [-0.1, -0.05) is 13.8 Å². The summed E-state index contributed by atoms with van der Waals surface area (Å²) in [6, 6.07) is -0.000310. The highest BCUT2D eigenvalue weighted by atomic mass is 19.3.